The van der Waals surface area contributed by atoms with E-state index in [0.717, 1.165) is 23.0 Å². The number of rotatable bonds is 3. The molecule has 1 aliphatic heterocycles. The highest BCUT2D eigenvalue weighted by Crippen LogP contribution is 2.27. The Balaban J connectivity index is 1.65. The molecule has 2 heterocycles. The lowest BCUT2D eigenvalue weighted by atomic mass is 9.96. The molecule has 6 nitrogen and oxygen atoms in total. The van der Waals surface area contributed by atoms with Crippen molar-refractivity contribution in [3.63, 3.8) is 0 Å². The van der Waals surface area contributed by atoms with Gasteiger partial charge in [0.25, 0.3) is 5.91 Å². The van der Waals surface area contributed by atoms with Crippen molar-refractivity contribution in [2.75, 3.05) is 13.1 Å². The molecule has 7 heteroatoms. The molecule has 0 bridgehead atoms. The fourth-order valence-corrected chi connectivity index (χ4v) is 4.14. The van der Waals surface area contributed by atoms with Crippen LogP contribution in [-0.2, 0) is 7.05 Å². The highest BCUT2D eigenvalue weighted by atomic mass is 79.9. The van der Waals surface area contributed by atoms with Crippen molar-refractivity contribution in [2.45, 2.75) is 18.8 Å². The topological polar surface area (TPSA) is 60.1 Å². The van der Waals surface area contributed by atoms with E-state index < -0.39 is 0 Å². The van der Waals surface area contributed by atoms with Crippen molar-refractivity contribution in [1.29, 1.82) is 0 Å². The summed E-state index contributed by atoms with van der Waals surface area (Å²) in [7, 11) is 1.67. The number of benzene rings is 2. The minimum Gasteiger partial charge on any atom is -0.338 e. The average Bonchev–Trinajstić information content (AvgIpc) is 3.03. The zero-order valence-electron chi connectivity index (χ0n) is 15.6. The number of piperidine rings is 1. The third kappa shape index (κ3) is 3.54. The van der Waals surface area contributed by atoms with Crippen LogP contribution in [0.15, 0.2) is 63.9 Å². The third-order valence-electron chi connectivity index (χ3n) is 5.11. The summed E-state index contributed by atoms with van der Waals surface area (Å²) in [5, 5.41) is 4.51. The molecule has 1 atom stereocenters. The van der Waals surface area contributed by atoms with E-state index >= 15 is 0 Å². The SMILES string of the molecule is Cn1nc(C2CCCN(C(=O)c3cccc(Br)c3)C2)n(-c2ccccc2)c1=O. The Morgan fingerprint density at radius 2 is 1.93 bits per heavy atom. The summed E-state index contributed by atoms with van der Waals surface area (Å²) in [4.78, 5) is 27.5. The molecule has 1 unspecified atom stereocenters. The van der Waals surface area contributed by atoms with Gasteiger partial charge in [-0.3, -0.25) is 4.79 Å². The van der Waals surface area contributed by atoms with Crippen molar-refractivity contribution >= 4 is 21.8 Å². The maximum absolute atomic E-state index is 13.0. The molecule has 1 aliphatic rings. The molecular formula is C21H21BrN4O2. The van der Waals surface area contributed by atoms with Gasteiger partial charge in [-0.15, -0.1) is 0 Å². The molecule has 144 valence electrons. The van der Waals surface area contributed by atoms with E-state index in [-0.39, 0.29) is 17.5 Å². The fraction of sp³-hybridized carbons (Fsp3) is 0.286. The molecular weight excluding hydrogens is 420 g/mol. The number of nitrogens with zero attached hydrogens (tertiary/aromatic N) is 4. The zero-order valence-corrected chi connectivity index (χ0v) is 17.2. The maximum Gasteiger partial charge on any atom is 0.350 e. The summed E-state index contributed by atoms with van der Waals surface area (Å²) < 4.78 is 3.92. The lowest BCUT2D eigenvalue weighted by Gasteiger charge is -2.32. The lowest BCUT2D eigenvalue weighted by Crippen LogP contribution is -2.40. The van der Waals surface area contributed by atoms with Gasteiger partial charge in [-0.25, -0.2) is 14.0 Å². The molecule has 0 radical (unpaired) electrons. The summed E-state index contributed by atoms with van der Waals surface area (Å²) in [6.07, 6.45) is 1.77. The summed E-state index contributed by atoms with van der Waals surface area (Å²) >= 11 is 3.43. The Hall–Kier alpha value is -2.67. The molecule has 1 fully saturated rings. The first-order chi connectivity index (χ1) is 13.5. The lowest BCUT2D eigenvalue weighted by molar-refractivity contribution is 0.0703. The van der Waals surface area contributed by atoms with Gasteiger partial charge in [-0.05, 0) is 43.2 Å². The molecule has 1 amide bonds. The van der Waals surface area contributed by atoms with Crippen molar-refractivity contribution in [3.05, 3.63) is 80.9 Å². The highest BCUT2D eigenvalue weighted by molar-refractivity contribution is 9.10. The Morgan fingerprint density at radius 1 is 1.14 bits per heavy atom. The van der Waals surface area contributed by atoms with Gasteiger partial charge in [0.15, 0.2) is 0 Å². The molecule has 3 aromatic rings. The molecule has 4 rings (SSSR count). The predicted molar refractivity (Wildman–Crippen MR) is 111 cm³/mol. The van der Waals surface area contributed by atoms with Crippen LogP contribution in [0.25, 0.3) is 5.69 Å². The predicted octanol–water partition coefficient (Wildman–Crippen LogP) is 3.35. The molecule has 0 saturated carbocycles. The van der Waals surface area contributed by atoms with Gasteiger partial charge < -0.3 is 4.90 Å². The van der Waals surface area contributed by atoms with Crippen LogP contribution in [-0.4, -0.2) is 38.2 Å². The molecule has 2 aromatic carbocycles. The van der Waals surface area contributed by atoms with E-state index in [1.807, 2.05) is 59.5 Å². The molecule has 0 spiro atoms. The van der Waals surface area contributed by atoms with E-state index in [9.17, 15) is 9.59 Å². The number of aryl methyl sites for hydroxylation is 1. The van der Waals surface area contributed by atoms with Crippen LogP contribution in [0.4, 0.5) is 0 Å². The second kappa shape index (κ2) is 7.75. The number of carbonyl (C=O) groups is 1. The van der Waals surface area contributed by atoms with Gasteiger partial charge >= 0.3 is 5.69 Å². The van der Waals surface area contributed by atoms with Crippen LogP contribution in [0, 0.1) is 0 Å². The van der Waals surface area contributed by atoms with Gasteiger partial charge in [0.1, 0.15) is 5.82 Å². The van der Waals surface area contributed by atoms with E-state index in [1.54, 1.807) is 11.6 Å². The summed E-state index contributed by atoms with van der Waals surface area (Å²) in [6.45, 7) is 1.26. The number of likely N-dealkylation sites (tertiary alicyclic amines) is 1. The van der Waals surface area contributed by atoms with Crippen molar-refractivity contribution in [2.24, 2.45) is 7.05 Å². The van der Waals surface area contributed by atoms with Crippen molar-refractivity contribution in [1.82, 2.24) is 19.2 Å². The van der Waals surface area contributed by atoms with E-state index in [2.05, 4.69) is 21.0 Å². The quantitative estimate of drug-likeness (QED) is 0.627. The molecule has 1 saturated heterocycles. The van der Waals surface area contributed by atoms with Gasteiger partial charge in [0.2, 0.25) is 0 Å². The number of aromatic nitrogens is 3. The second-order valence-electron chi connectivity index (χ2n) is 7.04. The summed E-state index contributed by atoms with van der Waals surface area (Å²) in [5.74, 6) is 0.736. The van der Waals surface area contributed by atoms with Crippen LogP contribution in [0.1, 0.15) is 34.9 Å². The minimum atomic E-state index is -0.170. The van der Waals surface area contributed by atoms with E-state index in [1.165, 1.54) is 4.68 Å². The Morgan fingerprint density at radius 3 is 2.68 bits per heavy atom. The van der Waals surface area contributed by atoms with E-state index in [0.29, 0.717) is 24.5 Å². The number of halogens is 1. The molecule has 1 aromatic heterocycles. The van der Waals surface area contributed by atoms with Gasteiger partial charge in [0.05, 0.1) is 5.69 Å². The summed E-state index contributed by atoms with van der Waals surface area (Å²) in [5.41, 5.74) is 1.29. The largest absolute Gasteiger partial charge is 0.350 e. The Labute approximate surface area is 171 Å². The van der Waals surface area contributed by atoms with Crippen LogP contribution in [0.3, 0.4) is 0 Å². The Kier molecular flexibility index (Phi) is 5.17. The van der Waals surface area contributed by atoms with Crippen LogP contribution in [0.5, 0.6) is 0 Å². The van der Waals surface area contributed by atoms with Crippen molar-refractivity contribution < 1.29 is 4.79 Å². The fourth-order valence-electron chi connectivity index (χ4n) is 3.74. The van der Waals surface area contributed by atoms with Crippen LogP contribution >= 0.6 is 15.9 Å². The molecule has 0 aliphatic carbocycles. The number of amides is 1. The smallest absolute Gasteiger partial charge is 0.338 e. The molecule has 28 heavy (non-hydrogen) atoms. The first kappa shape index (κ1) is 18.7. The maximum atomic E-state index is 13.0. The average molecular weight is 441 g/mol. The first-order valence-electron chi connectivity index (χ1n) is 9.31. The Bertz CT molecular complexity index is 1060. The zero-order chi connectivity index (χ0) is 19.7. The van der Waals surface area contributed by atoms with Crippen LogP contribution in [0.2, 0.25) is 0 Å². The van der Waals surface area contributed by atoms with Crippen LogP contribution < -0.4 is 5.69 Å². The number of hydrogen-bond donors (Lipinski definition) is 0. The van der Waals surface area contributed by atoms with E-state index in [4.69, 9.17) is 0 Å². The standard InChI is InChI=1S/C21H21BrN4O2/c1-24-21(28)26(18-10-3-2-4-11-18)19(23-24)16-8-6-12-25(14-16)20(27)15-7-5-9-17(22)13-15/h2-5,7,9-11,13,16H,6,8,12,14H2,1H3. The van der Waals surface area contributed by atoms with Gasteiger partial charge in [-0.1, -0.05) is 40.2 Å². The molecule has 0 N–H and O–H groups in total. The minimum absolute atomic E-state index is 0.00976. The van der Waals surface area contributed by atoms with Gasteiger partial charge in [0, 0.05) is 36.1 Å². The van der Waals surface area contributed by atoms with Gasteiger partial charge in [-0.2, -0.15) is 5.10 Å². The number of hydrogen-bond acceptors (Lipinski definition) is 3. The summed E-state index contributed by atoms with van der Waals surface area (Å²) in [6, 6.07) is 17.0. The first-order valence-corrected chi connectivity index (χ1v) is 10.1. The monoisotopic (exact) mass is 440 g/mol. The third-order valence-corrected chi connectivity index (χ3v) is 5.60. The number of para-hydroxylation sites is 1. The highest BCUT2D eigenvalue weighted by Gasteiger charge is 2.30. The number of carbonyl (C=O) groups excluding carboxylic acids is 1. The van der Waals surface area contributed by atoms with Crippen molar-refractivity contribution in [3.8, 4) is 5.69 Å². The second-order valence-corrected chi connectivity index (χ2v) is 7.95. The normalized spacial score (nSPS) is 16.9.